The molecule has 0 radical (unpaired) electrons. The fraction of sp³-hybridized carbons (Fsp3) is 1.00. The highest BCUT2D eigenvalue weighted by molar-refractivity contribution is 4.89. The monoisotopic (exact) mass is 126 g/mol. The van der Waals surface area contributed by atoms with E-state index >= 15 is 0 Å². The van der Waals surface area contributed by atoms with Crippen LogP contribution in [0.2, 0.25) is 0 Å². The molecule has 2 aliphatic carbocycles. The summed E-state index contributed by atoms with van der Waals surface area (Å²) in [5, 5.41) is 9.40. The van der Waals surface area contributed by atoms with Crippen molar-refractivity contribution in [2.75, 3.05) is 0 Å². The summed E-state index contributed by atoms with van der Waals surface area (Å²) in [6, 6.07) is 0. The summed E-state index contributed by atoms with van der Waals surface area (Å²) < 4.78 is 0. The Bertz CT molecular complexity index is 107. The molecule has 0 heterocycles. The minimum Gasteiger partial charge on any atom is -0.393 e. The highest BCUT2D eigenvalue weighted by atomic mass is 16.3. The SMILES string of the molecule is OC1CCCC1C1CC1. The average Bonchev–Trinajstić information content (AvgIpc) is 2.58. The van der Waals surface area contributed by atoms with Gasteiger partial charge in [-0.15, -0.1) is 0 Å². The summed E-state index contributed by atoms with van der Waals surface area (Å²) in [5.74, 6) is 1.62. The third kappa shape index (κ3) is 0.983. The van der Waals surface area contributed by atoms with Gasteiger partial charge in [0, 0.05) is 0 Å². The molecular weight excluding hydrogens is 112 g/mol. The van der Waals surface area contributed by atoms with E-state index in [1.165, 1.54) is 25.7 Å². The van der Waals surface area contributed by atoms with Crippen LogP contribution in [0.1, 0.15) is 32.1 Å². The van der Waals surface area contributed by atoms with Crippen molar-refractivity contribution in [1.29, 1.82) is 0 Å². The van der Waals surface area contributed by atoms with Crippen LogP contribution in [-0.4, -0.2) is 11.2 Å². The van der Waals surface area contributed by atoms with Crippen molar-refractivity contribution in [2.24, 2.45) is 11.8 Å². The van der Waals surface area contributed by atoms with Crippen molar-refractivity contribution in [3.05, 3.63) is 0 Å². The quantitative estimate of drug-likeness (QED) is 0.565. The molecule has 2 fully saturated rings. The van der Waals surface area contributed by atoms with Gasteiger partial charge in [-0.3, -0.25) is 0 Å². The number of hydrogen-bond donors (Lipinski definition) is 1. The Morgan fingerprint density at radius 3 is 2.22 bits per heavy atom. The van der Waals surface area contributed by atoms with Gasteiger partial charge >= 0.3 is 0 Å². The third-order valence-electron chi connectivity index (χ3n) is 2.76. The molecule has 1 heteroatoms. The summed E-state index contributed by atoms with van der Waals surface area (Å²) in [6.45, 7) is 0. The van der Waals surface area contributed by atoms with E-state index < -0.39 is 0 Å². The van der Waals surface area contributed by atoms with Crippen molar-refractivity contribution in [3.8, 4) is 0 Å². The van der Waals surface area contributed by atoms with Gasteiger partial charge in [-0.05, 0) is 37.5 Å². The second kappa shape index (κ2) is 1.98. The van der Waals surface area contributed by atoms with Crippen LogP contribution in [0.25, 0.3) is 0 Å². The molecule has 0 aromatic carbocycles. The molecule has 2 unspecified atom stereocenters. The van der Waals surface area contributed by atoms with Crippen molar-refractivity contribution in [3.63, 3.8) is 0 Å². The lowest BCUT2D eigenvalue weighted by atomic mass is 10.0. The second-order valence-electron chi connectivity index (χ2n) is 3.50. The van der Waals surface area contributed by atoms with E-state index in [4.69, 9.17) is 0 Å². The zero-order valence-electron chi connectivity index (χ0n) is 5.71. The highest BCUT2D eigenvalue weighted by Gasteiger charge is 2.38. The summed E-state index contributed by atoms with van der Waals surface area (Å²) in [7, 11) is 0. The van der Waals surface area contributed by atoms with Gasteiger partial charge in [0.25, 0.3) is 0 Å². The summed E-state index contributed by atoms with van der Waals surface area (Å²) >= 11 is 0. The van der Waals surface area contributed by atoms with Crippen LogP contribution in [0.5, 0.6) is 0 Å². The number of rotatable bonds is 1. The van der Waals surface area contributed by atoms with Crippen LogP contribution >= 0.6 is 0 Å². The summed E-state index contributed by atoms with van der Waals surface area (Å²) in [4.78, 5) is 0. The Morgan fingerprint density at radius 1 is 1.00 bits per heavy atom. The van der Waals surface area contributed by atoms with Crippen molar-refractivity contribution < 1.29 is 5.11 Å². The van der Waals surface area contributed by atoms with Crippen LogP contribution in [0.4, 0.5) is 0 Å². The summed E-state index contributed by atoms with van der Waals surface area (Å²) in [6.07, 6.45) is 6.48. The maximum absolute atomic E-state index is 9.40. The third-order valence-corrected chi connectivity index (χ3v) is 2.76. The van der Waals surface area contributed by atoms with E-state index in [1.807, 2.05) is 0 Å². The van der Waals surface area contributed by atoms with Gasteiger partial charge in [-0.25, -0.2) is 0 Å². The van der Waals surface area contributed by atoms with E-state index in [0.717, 1.165) is 12.3 Å². The highest BCUT2D eigenvalue weighted by Crippen LogP contribution is 2.44. The van der Waals surface area contributed by atoms with E-state index in [-0.39, 0.29) is 6.10 Å². The topological polar surface area (TPSA) is 20.2 Å². The fourth-order valence-corrected chi connectivity index (χ4v) is 2.04. The molecule has 2 rings (SSSR count). The maximum Gasteiger partial charge on any atom is 0.0571 e. The Morgan fingerprint density at radius 2 is 1.78 bits per heavy atom. The molecular formula is C8H14O. The molecule has 52 valence electrons. The second-order valence-corrected chi connectivity index (χ2v) is 3.50. The average molecular weight is 126 g/mol. The van der Waals surface area contributed by atoms with Crippen LogP contribution in [0.3, 0.4) is 0 Å². The van der Waals surface area contributed by atoms with Gasteiger partial charge in [-0.2, -0.15) is 0 Å². The van der Waals surface area contributed by atoms with Gasteiger partial charge < -0.3 is 5.11 Å². The molecule has 2 atom stereocenters. The molecule has 0 aromatic heterocycles. The summed E-state index contributed by atoms with van der Waals surface area (Å²) in [5.41, 5.74) is 0. The largest absolute Gasteiger partial charge is 0.393 e. The molecule has 0 aromatic rings. The van der Waals surface area contributed by atoms with E-state index in [1.54, 1.807) is 0 Å². The van der Waals surface area contributed by atoms with Crippen molar-refractivity contribution in [1.82, 2.24) is 0 Å². The van der Waals surface area contributed by atoms with E-state index in [0.29, 0.717) is 5.92 Å². The van der Waals surface area contributed by atoms with Crippen LogP contribution in [-0.2, 0) is 0 Å². The predicted molar refractivity (Wildman–Crippen MR) is 36.1 cm³/mol. The van der Waals surface area contributed by atoms with Gasteiger partial charge in [-0.1, -0.05) is 6.42 Å². The van der Waals surface area contributed by atoms with Crippen LogP contribution in [0.15, 0.2) is 0 Å². The first-order valence-electron chi connectivity index (χ1n) is 4.06. The predicted octanol–water partition coefficient (Wildman–Crippen LogP) is 1.56. The molecule has 1 nitrogen and oxygen atoms in total. The maximum atomic E-state index is 9.40. The lowest BCUT2D eigenvalue weighted by Gasteiger charge is -2.11. The lowest BCUT2D eigenvalue weighted by Crippen LogP contribution is -2.14. The van der Waals surface area contributed by atoms with Gasteiger partial charge in [0.05, 0.1) is 6.10 Å². The molecule has 2 aliphatic rings. The molecule has 0 saturated heterocycles. The van der Waals surface area contributed by atoms with Gasteiger partial charge in [0.1, 0.15) is 0 Å². The Kier molecular flexibility index (Phi) is 1.26. The number of aliphatic hydroxyl groups is 1. The fourth-order valence-electron chi connectivity index (χ4n) is 2.04. The van der Waals surface area contributed by atoms with Gasteiger partial charge in [0.2, 0.25) is 0 Å². The molecule has 2 saturated carbocycles. The lowest BCUT2D eigenvalue weighted by molar-refractivity contribution is 0.121. The van der Waals surface area contributed by atoms with Crippen molar-refractivity contribution in [2.45, 2.75) is 38.2 Å². The molecule has 0 bridgehead atoms. The van der Waals surface area contributed by atoms with Gasteiger partial charge in [0.15, 0.2) is 0 Å². The zero-order valence-corrected chi connectivity index (χ0v) is 5.71. The van der Waals surface area contributed by atoms with Crippen molar-refractivity contribution >= 4 is 0 Å². The molecule has 0 aliphatic heterocycles. The molecule has 0 amide bonds. The number of aliphatic hydroxyl groups excluding tert-OH is 1. The molecule has 9 heavy (non-hydrogen) atoms. The number of hydrogen-bond acceptors (Lipinski definition) is 1. The Labute approximate surface area is 56.1 Å². The standard InChI is InChI=1S/C8H14O/c9-8-3-1-2-7(8)6-4-5-6/h6-9H,1-5H2. The van der Waals surface area contributed by atoms with Crippen LogP contribution in [0, 0.1) is 11.8 Å². The minimum atomic E-state index is 0.0671. The first kappa shape index (κ1) is 5.72. The first-order valence-corrected chi connectivity index (χ1v) is 4.06. The first-order chi connectivity index (χ1) is 4.38. The van der Waals surface area contributed by atoms with Crippen LogP contribution < -0.4 is 0 Å². The normalized spacial score (nSPS) is 43.7. The smallest absolute Gasteiger partial charge is 0.0571 e. The zero-order chi connectivity index (χ0) is 6.27. The Hall–Kier alpha value is -0.0400. The minimum absolute atomic E-state index is 0.0671. The van der Waals surface area contributed by atoms with E-state index in [9.17, 15) is 5.11 Å². The Balaban J connectivity index is 1.93. The molecule has 1 N–H and O–H groups in total. The van der Waals surface area contributed by atoms with E-state index in [2.05, 4.69) is 0 Å². The molecule has 0 spiro atoms.